The van der Waals surface area contributed by atoms with Crippen molar-refractivity contribution in [2.24, 2.45) is 0 Å². The zero-order valence-corrected chi connectivity index (χ0v) is 79.9. The first-order chi connectivity index (χ1) is 52.5. The van der Waals surface area contributed by atoms with E-state index in [0.717, 1.165) is 95.5 Å². The molecule has 0 aromatic rings. The Morgan fingerprint density at radius 2 is 0.673 bits per heavy atom. The molecular weight excluding hydrogens is 1550 g/mol. The van der Waals surface area contributed by atoms with Crippen LogP contribution in [0.4, 0.5) is 9.59 Å². The van der Waals surface area contributed by atoms with Crippen molar-refractivity contribution in [3.05, 3.63) is 6.92 Å². The third-order valence-electron chi connectivity index (χ3n) is 25.5. The van der Waals surface area contributed by atoms with Gasteiger partial charge in [-0.25, -0.2) is 9.59 Å². The number of alkyl halides is 4. The van der Waals surface area contributed by atoms with Gasteiger partial charge in [-0.05, 0) is 268 Å². The summed E-state index contributed by atoms with van der Waals surface area (Å²) in [5.74, 6) is 2.29. The van der Waals surface area contributed by atoms with Crippen LogP contribution in [-0.4, -0.2) is 216 Å². The fraction of sp³-hybridized carbons (Fsp3) is 0.965. The average molecular weight is 1710 g/mol. The van der Waals surface area contributed by atoms with Crippen molar-refractivity contribution >= 4 is 134 Å². The second-order valence-electron chi connectivity index (χ2n) is 33.7. The van der Waals surface area contributed by atoms with Gasteiger partial charge in [-0.1, -0.05) is 170 Å². The predicted octanol–water partition coefficient (Wildman–Crippen LogP) is 19.9. The number of ether oxygens (including phenoxy) is 3. The maximum atomic E-state index is 10.6. The van der Waals surface area contributed by atoms with Gasteiger partial charge in [0.25, 0.3) is 0 Å². The Balaban J connectivity index is 0.000000448. The largest absolute Gasteiger partial charge is 1.00 e. The van der Waals surface area contributed by atoms with Crippen LogP contribution in [0.2, 0.25) is 0 Å². The summed E-state index contributed by atoms with van der Waals surface area (Å²) in [7, 11) is 19.3. The van der Waals surface area contributed by atoms with Crippen LogP contribution in [0.5, 0.6) is 0 Å². The van der Waals surface area contributed by atoms with Crippen LogP contribution in [0.15, 0.2) is 0 Å². The molecule has 626 valence electrons. The number of nitrogens with zero attached hydrogens (tertiary/aromatic N) is 2. The first-order valence-corrected chi connectivity index (χ1v) is 55.8. The molecular formula is C86H164B3Cl5Li2N4O5P5+3. The molecule has 6 radical (unpaired) electrons. The van der Waals surface area contributed by atoms with Gasteiger partial charge >= 0.3 is 65.0 Å². The van der Waals surface area contributed by atoms with Crippen LogP contribution in [0.1, 0.15) is 354 Å². The third kappa shape index (κ3) is 49.6. The Labute approximate surface area is 740 Å². The number of hydrogen-bond acceptors (Lipinski definition) is 7. The Kier molecular flexibility index (Phi) is 73.5. The molecule has 0 spiro atoms. The van der Waals surface area contributed by atoms with E-state index in [1.807, 2.05) is 0 Å². The van der Waals surface area contributed by atoms with Crippen molar-refractivity contribution < 1.29 is 61.5 Å². The number of rotatable bonds is 25. The number of halogens is 5. The molecule has 0 aromatic carbocycles. The van der Waals surface area contributed by atoms with Gasteiger partial charge in [-0.15, -0.1) is 67.4 Å². The van der Waals surface area contributed by atoms with Crippen molar-refractivity contribution in [1.29, 1.82) is 0 Å². The van der Waals surface area contributed by atoms with E-state index in [1.54, 1.807) is 99.2 Å². The van der Waals surface area contributed by atoms with Gasteiger partial charge in [0.1, 0.15) is 21.1 Å². The maximum absolute atomic E-state index is 10.6. The van der Waals surface area contributed by atoms with E-state index < -0.39 is 15.6 Å². The van der Waals surface area contributed by atoms with Crippen LogP contribution in [0.25, 0.3) is 0 Å². The predicted molar refractivity (Wildman–Crippen MR) is 495 cm³/mol. The Hall–Kier alpha value is 3.41. The number of hydrogen-bond donors (Lipinski definition) is 2. The Morgan fingerprint density at radius 1 is 0.409 bits per heavy atom. The van der Waals surface area contributed by atoms with E-state index in [2.05, 4.69) is 34.0 Å². The molecule has 10 saturated carbocycles. The Morgan fingerprint density at radius 3 is 0.882 bits per heavy atom. The summed E-state index contributed by atoms with van der Waals surface area (Å²) in [6.07, 6.45) is 82.8. The Bertz CT molecular complexity index is 1860. The zero-order valence-electron chi connectivity index (χ0n) is 71.2. The second kappa shape index (κ2) is 73.9. The van der Waals surface area contributed by atoms with Crippen LogP contribution in [0.3, 0.4) is 0 Å². The normalized spacial score (nSPS) is 23.2. The van der Waals surface area contributed by atoms with Gasteiger partial charge in [0.2, 0.25) is 0 Å². The average Bonchev–Trinajstić information content (AvgIpc) is 0.993. The molecule has 1 unspecified atom stereocenters. The standard InChI is InChI=1S/C28H53NP2.2C12H23BP.C12H23P.2C5H8ClNO2.C4H7BO.C4H9Cl2N.C4H9.ClH.2Li/c1-5-13-25(14-6-1)30(26-15-7-2-8-16-26)23-21-29-22-24-31(27-17-9-3-10-18-27)28-19-11-4-12-20-28;2*13-14(11-7-3-1-4-8-11)12-9-5-2-6-10-12;1-3-7-11(8-4-1)13-12-9-5-2-6-10-12;2*6-1-2-7-3-4-9-5(7)8;5-4-2-1-3-6-4;5-1-3-7-4-2-6;1-3-4-2;;;/h25-29H,1-24H2;2*11-12,14H,1-10H2;11-13H,1-10H2;2*1-4H2;4H,1-3H2;7H,1-4H2;1,3-4H2,2H3;1H;;/q;2*+1;;;;;;-1;;2*+1. The number of carbonyl (C=O) groups excluding carboxylic acids is 2. The number of cyclic esters (lactones) is 2. The molecule has 0 aromatic heterocycles. The molecule has 110 heavy (non-hydrogen) atoms. The summed E-state index contributed by atoms with van der Waals surface area (Å²) >= 11 is 21.5. The van der Waals surface area contributed by atoms with Gasteiger partial charge in [0, 0.05) is 62.3 Å². The van der Waals surface area contributed by atoms with E-state index in [0.29, 0.717) is 62.9 Å². The molecule has 3 saturated heterocycles. The first kappa shape index (κ1) is 109. The first-order valence-electron chi connectivity index (χ1n) is 45.7. The molecule has 1 atom stereocenters. The van der Waals surface area contributed by atoms with E-state index in [9.17, 15) is 9.59 Å². The number of amides is 2. The van der Waals surface area contributed by atoms with E-state index in [-0.39, 0.29) is 84.2 Å². The van der Waals surface area contributed by atoms with Crippen LogP contribution in [0, 0.1) is 6.92 Å². The zero-order chi connectivity index (χ0) is 76.4. The second-order valence-corrected chi connectivity index (χ2v) is 48.3. The van der Waals surface area contributed by atoms with E-state index in [1.165, 1.54) is 272 Å². The van der Waals surface area contributed by atoms with Crippen LogP contribution < -0.4 is 48.4 Å². The van der Waals surface area contributed by atoms with E-state index in [4.69, 9.17) is 74.1 Å². The minimum Gasteiger partial charge on any atom is -0.448 e. The van der Waals surface area contributed by atoms with Crippen LogP contribution >= 0.6 is 98.8 Å². The molecule has 2 N–H and O–H groups in total. The summed E-state index contributed by atoms with van der Waals surface area (Å²) in [4.78, 5) is 24.4. The van der Waals surface area contributed by atoms with Crippen LogP contribution in [-0.2, 0) is 14.2 Å². The summed E-state index contributed by atoms with van der Waals surface area (Å²) in [5.41, 5.74) is 10.7. The van der Waals surface area contributed by atoms with Gasteiger partial charge < -0.3 is 41.6 Å². The molecule has 3 aliphatic heterocycles. The van der Waals surface area contributed by atoms with Crippen molar-refractivity contribution in [2.75, 3.05) is 108 Å². The molecule has 13 rings (SSSR count). The van der Waals surface area contributed by atoms with Crippen molar-refractivity contribution in [3.8, 4) is 0 Å². The monoisotopic (exact) mass is 1710 g/mol. The maximum Gasteiger partial charge on any atom is 1.00 e. The van der Waals surface area contributed by atoms with Gasteiger partial charge in [0.15, 0.2) is 0 Å². The molecule has 0 bridgehead atoms. The molecule has 9 nitrogen and oxygen atoms in total. The third-order valence-corrected chi connectivity index (χ3v) is 41.7. The molecule has 3 heterocycles. The molecule has 24 heteroatoms. The minimum absolute atomic E-state index is 0. The van der Waals surface area contributed by atoms with Gasteiger partial charge in [-0.3, -0.25) is 0 Å². The summed E-state index contributed by atoms with van der Waals surface area (Å²) in [6, 6.07) is 0.0463. The van der Waals surface area contributed by atoms with Crippen molar-refractivity contribution in [3.63, 3.8) is 0 Å². The van der Waals surface area contributed by atoms with Crippen molar-refractivity contribution in [1.82, 2.24) is 20.4 Å². The summed E-state index contributed by atoms with van der Waals surface area (Å²) in [5, 5.41) is 7.06. The molecule has 2 amide bonds. The molecule has 13 aliphatic rings. The number of nitrogens with one attached hydrogen (secondary N) is 2. The van der Waals surface area contributed by atoms with E-state index >= 15 is 0 Å². The number of carbonyl (C=O) groups is 2. The molecule has 13 fully saturated rings. The minimum atomic E-state index is -0.491. The molecule has 10 aliphatic carbocycles. The smallest absolute Gasteiger partial charge is 0.448 e. The fourth-order valence-electron chi connectivity index (χ4n) is 19.1. The van der Waals surface area contributed by atoms with Gasteiger partial charge in [-0.2, -0.15) is 6.42 Å². The number of unbranched alkanes of at least 4 members (excludes halogenated alkanes) is 1. The quantitative estimate of drug-likeness (QED) is 0.0309. The topological polar surface area (TPSA) is 92.4 Å². The summed E-state index contributed by atoms with van der Waals surface area (Å²) < 4.78 is 14.2. The van der Waals surface area contributed by atoms with Crippen molar-refractivity contribution in [2.45, 2.75) is 416 Å². The fourth-order valence-corrected chi connectivity index (χ4v) is 35.2. The van der Waals surface area contributed by atoms with Gasteiger partial charge in [0.05, 0.1) is 35.7 Å². The SMILES string of the molecule is C1CCC(P(CCNCCP(C2CCCCC2)C2CCCCC2)C2CCCCC2)CC1.C1CCC(PC2CCCCC2)CC1.Cl.ClCCNCCCl.O=C1OCCN1CCCl.O=C1OCCN1CCCl.[B]C1CCCO1.[B][PH+](C1CCCCC1)C1CCCCC1.[B][PH+](C1CCCCC1)C1CCCCC1.[CH2-]CCC.[Li+].[Li+]. The summed E-state index contributed by atoms with van der Waals surface area (Å²) in [6.45, 7) is 14.6.